The Morgan fingerprint density at radius 2 is 1.88 bits per heavy atom. The molecular formula is C25H29N3O5S. The third kappa shape index (κ3) is 5.53. The SMILES string of the molecule is CCCCOC(=O)c1c(/N=C/c2c(C)[nH]n(-c3ccccc3)c2=O)sc(C(=O)OC(C)C)c1C. The Hall–Kier alpha value is -3.46. The summed E-state index contributed by atoms with van der Waals surface area (Å²) in [6, 6.07) is 9.19. The maximum atomic E-state index is 13.0. The first-order valence-corrected chi connectivity index (χ1v) is 12.0. The summed E-state index contributed by atoms with van der Waals surface area (Å²) in [5.74, 6) is -1.07. The topological polar surface area (TPSA) is 103 Å². The number of rotatable bonds is 9. The second kappa shape index (κ2) is 11.1. The maximum Gasteiger partial charge on any atom is 0.348 e. The van der Waals surface area contributed by atoms with Crippen LogP contribution in [0, 0.1) is 13.8 Å². The smallest absolute Gasteiger partial charge is 0.348 e. The number of aryl methyl sites for hydroxylation is 1. The van der Waals surface area contributed by atoms with Gasteiger partial charge in [0.25, 0.3) is 5.56 Å². The number of carbonyl (C=O) groups is 2. The van der Waals surface area contributed by atoms with Crippen LogP contribution in [0.4, 0.5) is 5.00 Å². The first-order chi connectivity index (χ1) is 16.2. The van der Waals surface area contributed by atoms with E-state index >= 15 is 0 Å². The number of H-pyrrole nitrogens is 1. The van der Waals surface area contributed by atoms with Gasteiger partial charge in [-0.2, -0.15) is 0 Å². The van der Waals surface area contributed by atoms with E-state index in [4.69, 9.17) is 9.47 Å². The highest BCUT2D eigenvalue weighted by Crippen LogP contribution is 2.36. The van der Waals surface area contributed by atoms with Gasteiger partial charge >= 0.3 is 11.9 Å². The molecule has 34 heavy (non-hydrogen) atoms. The van der Waals surface area contributed by atoms with Crippen LogP contribution in [0.25, 0.3) is 5.69 Å². The number of esters is 2. The molecule has 0 radical (unpaired) electrons. The van der Waals surface area contributed by atoms with Crippen molar-refractivity contribution in [2.75, 3.05) is 6.61 Å². The number of aromatic amines is 1. The van der Waals surface area contributed by atoms with Gasteiger partial charge in [-0.15, -0.1) is 11.3 Å². The number of para-hydroxylation sites is 1. The van der Waals surface area contributed by atoms with E-state index in [1.807, 2.05) is 37.3 Å². The van der Waals surface area contributed by atoms with Crippen LogP contribution in [0.3, 0.4) is 0 Å². The quantitative estimate of drug-likeness (QED) is 0.259. The molecule has 0 aliphatic rings. The highest BCUT2D eigenvalue weighted by Gasteiger charge is 2.27. The minimum Gasteiger partial charge on any atom is -0.462 e. The Balaban J connectivity index is 2.01. The van der Waals surface area contributed by atoms with Crippen molar-refractivity contribution >= 4 is 34.5 Å². The van der Waals surface area contributed by atoms with Crippen LogP contribution in [0.2, 0.25) is 0 Å². The first-order valence-electron chi connectivity index (χ1n) is 11.2. The molecule has 0 aliphatic carbocycles. The summed E-state index contributed by atoms with van der Waals surface area (Å²) in [6.07, 6.45) is 2.73. The largest absolute Gasteiger partial charge is 0.462 e. The predicted octanol–water partition coefficient (Wildman–Crippen LogP) is 5.12. The Labute approximate surface area is 202 Å². The van der Waals surface area contributed by atoms with Gasteiger partial charge in [0.2, 0.25) is 0 Å². The van der Waals surface area contributed by atoms with Crippen molar-refractivity contribution in [2.24, 2.45) is 4.99 Å². The third-order valence-corrected chi connectivity index (χ3v) is 6.21. The van der Waals surface area contributed by atoms with Crippen molar-refractivity contribution in [1.29, 1.82) is 0 Å². The fourth-order valence-corrected chi connectivity index (χ4v) is 4.29. The lowest BCUT2D eigenvalue weighted by atomic mass is 10.1. The number of ether oxygens (including phenoxy) is 2. The number of nitrogens with zero attached hydrogens (tertiary/aromatic N) is 2. The van der Waals surface area contributed by atoms with E-state index in [9.17, 15) is 14.4 Å². The van der Waals surface area contributed by atoms with Crippen LogP contribution in [0.15, 0.2) is 40.1 Å². The van der Waals surface area contributed by atoms with Gasteiger partial charge in [0.05, 0.1) is 24.0 Å². The predicted molar refractivity (Wildman–Crippen MR) is 133 cm³/mol. The zero-order valence-electron chi connectivity index (χ0n) is 20.0. The monoisotopic (exact) mass is 483 g/mol. The standard InChI is InChI=1S/C25H29N3O5S/c1-6-7-13-32-24(30)20-16(4)21(25(31)33-15(2)3)34-22(20)26-14-19-17(5)27-28(23(19)29)18-11-9-8-10-12-18/h8-12,14-15,27H,6-7,13H2,1-5H3/b26-14+. The van der Waals surface area contributed by atoms with Crippen molar-refractivity contribution in [1.82, 2.24) is 9.78 Å². The summed E-state index contributed by atoms with van der Waals surface area (Å²) in [5.41, 5.74) is 2.07. The lowest BCUT2D eigenvalue weighted by Crippen LogP contribution is -2.17. The summed E-state index contributed by atoms with van der Waals surface area (Å²) in [4.78, 5) is 43.2. The van der Waals surface area contributed by atoms with Crippen molar-refractivity contribution < 1.29 is 19.1 Å². The van der Waals surface area contributed by atoms with E-state index in [2.05, 4.69) is 10.1 Å². The molecule has 0 bridgehead atoms. The summed E-state index contributed by atoms with van der Waals surface area (Å²) < 4.78 is 12.2. The first kappa shape index (κ1) is 25.2. The second-order valence-electron chi connectivity index (χ2n) is 8.06. The van der Waals surface area contributed by atoms with Crippen molar-refractivity contribution in [3.05, 3.63) is 67.9 Å². The summed E-state index contributed by atoms with van der Waals surface area (Å²) in [5, 5.41) is 3.34. The molecule has 0 amide bonds. The lowest BCUT2D eigenvalue weighted by Gasteiger charge is -2.07. The Morgan fingerprint density at radius 3 is 2.53 bits per heavy atom. The van der Waals surface area contributed by atoms with Crippen LogP contribution in [0.5, 0.6) is 0 Å². The molecule has 0 spiro atoms. The normalized spacial score (nSPS) is 11.4. The molecule has 0 fully saturated rings. The molecule has 180 valence electrons. The van der Waals surface area contributed by atoms with Crippen LogP contribution >= 0.6 is 11.3 Å². The number of carbonyl (C=O) groups excluding carboxylic acids is 2. The molecule has 1 N–H and O–H groups in total. The highest BCUT2D eigenvalue weighted by atomic mass is 32.1. The zero-order valence-corrected chi connectivity index (χ0v) is 20.8. The zero-order chi connectivity index (χ0) is 24.8. The van der Waals surface area contributed by atoms with Gasteiger partial charge in [-0.3, -0.25) is 9.89 Å². The molecule has 9 heteroatoms. The number of benzene rings is 1. The molecule has 3 rings (SSSR count). The number of aliphatic imine (C=N–C) groups is 1. The van der Waals surface area contributed by atoms with Gasteiger partial charge in [0, 0.05) is 11.9 Å². The van der Waals surface area contributed by atoms with E-state index in [1.165, 1.54) is 10.9 Å². The van der Waals surface area contributed by atoms with Gasteiger partial charge in [-0.1, -0.05) is 31.5 Å². The van der Waals surface area contributed by atoms with Crippen LogP contribution in [0.1, 0.15) is 70.5 Å². The van der Waals surface area contributed by atoms with Crippen LogP contribution in [-0.4, -0.2) is 40.6 Å². The molecule has 8 nitrogen and oxygen atoms in total. The average molecular weight is 484 g/mol. The molecule has 0 saturated heterocycles. The summed E-state index contributed by atoms with van der Waals surface area (Å²) in [7, 11) is 0. The van der Waals surface area contributed by atoms with Gasteiger partial charge < -0.3 is 9.47 Å². The number of hydrogen-bond acceptors (Lipinski definition) is 7. The molecule has 0 saturated carbocycles. The van der Waals surface area contributed by atoms with Gasteiger partial charge in [0.15, 0.2) is 0 Å². The van der Waals surface area contributed by atoms with E-state index in [0.29, 0.717) is 27.5 Å². The Morgan fingerprint density at radius 1 is 1.18 bits per heavy atom. The second-order valence-corrected chi connectivity index (χ2v) is 9.06. The average Bonchev–Trinajstić information content (AvgIpc) is 3.28. The summed E-state index contributed by atoms with van der Waals surface area (Å²) in [6.45, 7) is 9.23. The molecule has 0 aliphatic heterocycles. The van der Waals surface area contributed by atoms with Gasteiger partial charge in [-0.25, -0.2) is 19.3 Å². The number of aromatic nitrogens is 2. The van der Waals surface area contributed by atoms with E-state index < -0.39 is 11.9 Å². The fourth-order valence-electron chi connectivity index (χ4n) is 3.27. The number of hydrogen-bond donors (Lipinski definition) is 1. The number of unbranched alkanes of at least 4 members (excludes halogenated alkanes) is 1. The summed E-state index contributed by atoms with van der Waals surface area (Å²) >= 11 is 1.05. The number of nitrogens with one attached hydrogen (secondary N) is 1. The molecule has 0 atom stereocenters. The highest BCUT2D eigenvalue weighted by molar-refractivity contribution is 7.18. The minimum absolute atomic E-state index is 0.213. The van der Waals surface area contributed by atoms with Crippen LogP contribution < -0.4 is 5.56 Å². The molecular weight excluding hydrogens is 454 g/mol. The van der Waals surface area contributed by atoms with E-state index in [0.717, 1.165) is 24.2 Å². The minimum atomic E-state index is -0.551. The van der Waals surface area contributed by atoms with Crippen molar-refractivity contribution in [2.45, 2.75) is 53.6 Å². The molecule has 2 heterocycles. The van der Waals surface area contributed by atoms with E-state index in [1.54, 1.807) is 27.7 Å². The van der Waals surface area contributed by atoms with Crippen LogP contribution in [-0.2, 0) is 9.47 Å². The third-order valence-electron chi connectivity index (χ3n) is 5.03. The van der Waals surface area contributed by atoms with Crippen molar-refractivity contribution in [3.63, 3.8) is 0 Å². The van der Waals surface area contributed by atoms with E-state index in [-0.39, 0.29) is 28.7 Å². The molecule has 0 unspecified atom stereocenters. The van der Waals surface area contributed by atoms with Crippen molar-refractivity contribution in [3.8, 4) is 5.69 Å². The lowest BCUT2D eigenvalue weighted by molar-refractivity contribution is 0.0383. The maximum absolute atomic E-state index is 13.0. The Kier molecular flexibility index (Phi) is 8.22. The molecule has 1 aromatic carbocycles. The Bertz CT molecular complexity index is 1250. The number of thiophene rings is 1. The molecule has 2 aromatic heterocycles. The van der Waals surface area contributed by atoms with Gasteiger partial charge in [-0.05, 0) is 51.8 Å². The van der Waals surface area contributed by atoms with Gasteiger partial charge in [0.1, 0.15) is 15.4 Å². The fraction of sp³-hybridized carbons (Fsp3) is 0.360. The molecule has 3 aromatic rings.